The minimum Gasteiger partial charge on any atom is -0.398 e. The maximum Gasteiger partial charge on any atom is 0.0621 e. The van der Waals surface area contributed by atoms with E-state index in [2.05, 4.69) is 0 Å². The van der Waals surface area contributed by atoms with Gasteiger partial charge < -0.3 is 5.73 Å². The van der Waals surface area contributed by atoms with Gasteiger partial charge in [-0.1, -0.05) is 25.4 Å². The Balaban J connectivity index is 3.02. The van der Waals surface area contributed by atoms with Crippen LogP contribution >= 0.6 is 11.6 Å². The monoisotopic (exact) mass is 231 g/mol. The van der Waals surface area contributed by atoms with Crippen molar-refractivity contribution in [3.8, 4) is 0 Å². The SMILES string of the molecule is CCC(C)S(=O)c1ccc(Cl)cc1N. The zero-order valence-electron chi connectivity index (χ0n) is 8.29. The number of nitrogen functional groups attached to an aromatic ring is 1. The normalized spacial score (nSPS) is 15.1. The Bertz CT molecular complexity index is 354. The highest BCUT2D eigenvalue weighted by Gasteiger charge is 2.13. The molecule has 0 aliphatic rings. The summed E-state index contributed by atoms with van der Waals surface area (Å²) in [6.45, 7) is 3.96. The molecule has 0 aromatic heterocycles. The van der Waals surface area contributed by atoms with Crippen molar-refractivity contribution in [1.29, 1.82) is 0 Å². The molecule has 2 nitrogen and oxygen atoms in total. The van der Waals surface area contributed by atoms with Crippen LogP contribution in [0.4, 0.5) is 5.69 Å². The van der Waals surface area contributed by atoms with Gasteiger partial charge >= 0.3 is 0 Å². The third-order valence-electron chi connectivity index (χ3n) is 2.13. The van der Waals surface area contributed by atoms with Gasteiger partial charge in [0.05, 0.1) is 15.7 Å². The van der Waals surface area contributed by atoms with E-state index in [0.29, 0.717) is 15.6 Å². The van der Waals surface area contributed by atoms with Crippen molar-refractivity contribution >= 4 is 28.1 Å². The van der Waals surface area contributed by atoms with Gasteiger partial charge in [0, 0.05) is 16.0 Å². The highest BCUT2D eigenvalue weighted by atomic mass is 35.5. The summed E-state index contributed by atoms with van der Waals surface area (Å²) < 4.78 is 11.9. The van der Waals surface area contributed by atoms with Crippen molar-refractivity contribution in [1.82, 2.24) is 0 Å². The maximum absolute atomic E-state index is 11.9. The molecule has 0 heterocycles. The summed E-state index contributed by atoms with van der Waals surface area (Å²) in [5.41, 5.74) is 6.25. The largest absolute Gasteiger partial charge is 0.398 e. The lowest BCUT2D eigenvalue weighted by Crippen LogP contribution is -2.11. The Hall–Kier alpha value is -0.540. The van der Waals surface area contributed by atoms with Crippen molar-refractivity contribution in [3.05, 3.63) is 23.2 Å². The quantitative estimate of drug-likeness (QED) is 0.813. The number of hydrogen-bond donors (Lipinski definition) is 1. The Morgan fingerprint density at radius 2 is 2.21 bits per heavy atom. The summed E-state index contributed by atoms with van der Waals surface area (Å²) in [5, 5.41) is 0.700. The zero-order valence-corrected chi connectivity index (χ0v) is 9.86. The molecular weight excluding hydrogens is 218 g/mol. The van der Waals surface area contributed by atoms with E-state index in [4.69, 9.17) is 17.3 Å². The lowest BCUT2D eigenvalue weighted by atomic mass is 10.3. The molecule has 2 unspecified atom stereocenters. The van der Waals surface area contributed by atoms with E-state index in [0.717, 1.165) is 6.42 Å². The van der Waals surface area contributed by atoms with Crippen LogP contribution in [0.1, 0.15) is 20.3 Å². The number of rotatable bonds is 3. The van der Waals surface area contributed by atoms with Gasteiger partial charge in [0.25, 0.3) is 0 Å². The van der Waals surface area contributed by atoms with Crippen LogP contribution in [0.15, 0.2) is 23.1 Å². The molecule has 1 aromatic rings. The second-order valence-corrected chi connectivity index (χ2v) is 5.47. The van der Waals surface area contributed by atoms with Gasteiger partial charge in [-0.25, -0.2) is 0 Å². The van der Waals surface area contributed by atoms with E-state index in [1.807, 2.05) is 13.8 Å². The van der Waals surface area contributed by atoms with Crippen LogP contribution < -0.4 is 5.73 Å². The molecule has 4 heteroatoms. The molecular formula is C10H14ClNOS. The third-order valence-corrected chi connectivity index (χ3v) is 4.23. The minimum absolute atomic E-state index is 0.124. The standard InChI is InChI=1S/C10H14ClNOS/c1-3-7(2)14(13)10-5-4-8(11)6-9(10)12/h4-7H,3,12H2,1-2H3. The molecule has 1 aromatic carbocycles. The van der Waals surface area contributed by atoms with Gasteiger partial charge in [0.15, 0.2) is 0 Å². The first kappa shape index (κ1) is 11.5. The Labute approximate surface area is 91.9 Å². The average Bonchev–Trinajstić information content (AvgIpc) is 2.15. The highest BCUT2D eigenvalue weighted by Crippen LogP contribution is 2.23. The van der Waals surface area contributed by atoms with Gasteiger partial charge in [-0.3, -0.25) is 4.21 Å². The predicted octanol–water partition coefficient (Wildman–Crippen LogP) is 2.83. The van der Waals surface area contributed by atoms with E-state index in [-0.39, 0.29) is 5.25 Å². The predicted molar refractivity (Wildman–Crippen MR) is 62.0 cm³/mol. The molecule has 0 spiro atoms. The summed E-state index contributed by atoms with van der Waals surface area (Å²) in [4.78, 5) is 0.684. The smallest absolute Gasteiger partial charge is 0.0621 e. The van der Waals surface area contributed by atoms with Gasteiger partial charge in [-0.15, -0.1) is 0 Å². The first-order valence-electron chi connectivity index (χ1n) is 4.51. The first-order valence-corrected chi connectivity index (χ1v) is 6.11. The molecule has 0 fully saturated rings. The lowest BCUT2D eigenvalue weighted by molar-refractivity contribution is 0.670. The maximum atomic E-state index is 11.9. The molecule has 0 amide bonds. The number of benzene rings is 1. The molecule has 78 valence electrons. The molecule has 2 atom stereocenters. The van der Waals surface area contributed by atoms with Crippen LogP contribution in [0, 0.1) is 0 Å². The minimum atomic E-state index is -1.03. The molecule has 0 saturated heterocycles. The fraction of sp³-hybridized carbons (Fsp3) is 0.400. The van der Waals surface area contributed by atoms with E-state index in [1.54, 1.807) is 18.2 Å². The molecule has 0 radical (unpaired) electrons. The number of anilines is 1. The molecule has 0 saturated carbocycles. The van der Waals surface area contributed by atoms with Crippen LogP contribution in [-0.4, -0.2) is 9.46 Å². The van der Waals surface area contributed by atoms with Crippen LogP contribution in [0.5, 0.6) is 0 Å². The number of hydrogen-bond acceptors (Lipinski definition) is 2. The van der Waals surface area contributed by atoms with Crippen LogP contribution in [0.25, 0.3) is 0 Å². The van der Waals surface area contributed by atoms with Gasteiger partial charge in [-0.2, -0.15) is 0 Å². The van der Waals surface area contributed by atoms with Crippen molar-refractivity contribution < 1.29 is 4.21 Å². The summed E-state index contributed by atoms with van der Waals surface area (Å²) in [6, 6.07) is 5.09. The molecule has 0 bridgehead atoms. The molecule has 14 heavy (non-hydrogen) atoms. The van der Waals surface area contributed by atoms with Crippen molar-refractivity contribution in [2.24, 2.45) is 0 Å². The Morgan fingerprint density at radius 1 is 1.57 bits per heavy atom. The molecule has 0 aliphatic heterocycles. The van der Waals surface area contributed by atoms with Crippen molar-refractivity contribution in [2.45, 2.75) is 30.4 Å². The third kappa shape index (κ3) is 2.49. The van der Waals surface area contributed by atoms with Gasteiger partial charge in [-0.05, 0) is 24.6 Å². The lowest BCUT2D eigenvalue weighted by Gasteiger charge is -2.10. The fourth-order valence-electron chi connectivity index (χ4n) is 1.07. The molecule has 0 aliphatic carbocycles. The van der Waals surface area contributed by atoms with E-state index in [1.165, 1.54) is 0 Å². The Kier molecular flexibility index (Phi) is 3.96. The fourth-order valence-corrected chi connectivity index (χ4v) is 2.48. The number of halogens is 1. The van der Waals surface area contributed by atoms with Crippen LogP contribution in [0.2, 0.25) is 5.02 Å². The first-order chi connectivity index (χ1) is 6.56. The second kappa shape index (κ2) is 4.80. The van der Waals surface area contributed by atoms with Crippen molar-refractivity contribution in [2.75, 3.05) is 5.73 Å². The average molecular weight is 232 g/mol. The number of nitrogens with two attached hydrogens (primary N) is 1. The molecule has 1 rings (SSSR count). The van der Waals surface area contributed by atoms with Crippen LogP contribution in [0.3, 0.4) is 0 Å². The van der Waals surface area contributed by atoms with E-state index < -0.39 is 10.8 Å². The van der Waals surface area contributed by atoms with E-state index in [9.17, 15) is 4.21 Å². The van der Waals surface area contributed by atoms with Crippen molar-refractivity contribution in [3.63, 3.8) is 0 Å². The van der Waals surface area contributed by atoms with Crippen LogP contribution in [-0.2, 0) is 10.8 Å². The Morgan fingerprint density at radius 3 is 2.71 bits per heavy atom. The second-order valence-electron chi connectivity index (χ2n) is 3.20. The highest BCUT2D eigenvalue weighted by molar-refractivity contribution is 7.85. The van der Waals surface area contributed by atoms with Gasteiger partial charge in [0.1, 0.15) is 0 Å². The summed E-state index contributed by atoms with van der Waals surface area (Å²) in [5.74, 6) is 0. The van der Waals surface area contributed by atoms with Gasteiger partial charge in [0.2, 0.25) is 0 Å². The summed E-state index contributed by atoms with van der Waals surface area (Å²) in [7, 11) is -1.03. The molecule has 2 N–H and O–H groups in total. The summed E-state index contributed by atoms with van der Waals surface area (Å²) >= 11 is 5.76. The summed E-state index contributed by atoms with van der Waals surface area (Å²) in [6.07, 6.45) is 0.870. The zero-order chi connectivity index (χ0) is 10.7. The van der Waals surface area contributed by atoms with E-state index >= 15 is 0 Å². The topological polar surface area (TPSA) is 43.1 Å².